The van der Waals surface area contributed by atoms with Crippen LogP contribution in [0, 0.1) is 0 Å². The quantitative estimate of drug-likeness (QED) is 0.233. The van der Waals surface area contributed by atoms with E-state index in [4.69, 9.17) is 9.47 Å². The summed E-state index contributed by atoms with van der Waals surface area (Å²) in [6.45, 7) is 8.52. The van der Waals surface area contributed by atoms with E-state index >= 15 is 0 Å². The predicted molar refractivity (Wildman–Crippen MR) is 180 cm³/mol. The first-order chi connectivity index (χ1) is 22.1. The summed E-state index contributed by atoms with van der Waals surface area (Å²) in [5, 5.41) is 12.7. The molecule has 3 N–H and O–H groups in total. The van der Waals surface area contributed by atoms with Crippen molar-refractivity contribution in [2.75, 3.05) is 26.5 Å². The maximum atomic E-state index is 13.6. The van der Waals surface area contributed by atoms with E-state index in [0.29, 0.717) is 30.7 Å². The highest BCUT2D eigenvalue weighted by Crippen LogP contribution is 2.24. The van der Waals surface area contributed by atoms with E-state index in [0.717, 1.165) is 11.1 Å². The molecule has 254 valence electrons. The molecule has 1 heterocycles. The first-order valence-corrected chi connectivity index (χ1v) is 15.6. The van der Waals surface area contributed by atoms with Crippen molar-refractivity contribution in [2.45, 2.75) is 83.5 Å². The average molecular weight is 649 g/mol. The summed E-state index contributed by atoms with van der Waals surface area (Å²) < 4.78 is 12.2. The smallest absolute Gasteiger partial charge is 0.408 e. The van der Waals surface area contributed by atoms with Crippen molar-refractivity contribution in [3.05, 3.63) is 78.1 Å². The fourth-order valence-corrected chi connectivity index (χ4v) is 4.80. The van der Waals surface area contributed by atoms with E-state index in [1.165, 1.54) is 11.1 Å². The van der Waals surface area contributed by atoms with Gasteiger partial charge >= 0.3 is 6.09 Å². The number of methoxy groups -OCH3 is 1. The van der Waals surface area contributed by atoms with Crippen molar-refractivity contribution < 1.29 is 28.7 Å². The molecule has 4 amide bonds. The molecule has 12 heteroatoms. The SMILES string of the molecule is COc1ccc(C(Cn2cc(NC(=O)[C@@H](CCCc3ccccc3)NC(=O)C(C)(C)NC(=O)OC(C)(C)C)cn2)C(=O)N(C)C)cc1. The van der Waals surface area contributed by atoms with Crippen molar-refractivity contribution in [1.29, 1.82) is 0 Å². The van der Waals surface area contributed by atoms with E-state index in [1.807, 2.05) is 42.5 Å². The second-order valence-corrected chi connectivity index (χ2v) is 13.2. The Morgan fingerprint density at radius 1 is 0.957 bits per heavy atom. The Bertz CT molecular complexity index is 1490. The van der Waals surface area contributed by atoms with Gasteiger partial charge in [-0.05, 0) is 77.1 Å². The molecule has 3 aromatic rings. The van der Waals surface area contributed by atoms with E-state index in [9.17, 15) is 19.2 Å². The van der Waals surface area contributed by atoms with Crippen LogP contribution in [-0.4, -0.2) is 76.9 Å². The molecular weight excluding hydrogens is 600 g/mol. The van der Waals surface area contributed by atoms with Crippen molar-refractivity contribution in [3.63, 3.8) is 0 Å². The molecule has 47 heavy (non-hydrogen) atoms. The zero-order chi connectivity index (χ0) is 34.8. The van der Waals surface area contributed by atoms with Crippen LogP contribution < -0.4 is 20.7 Å². The number of ether oxygens (including phenoxy) is 2. The largest absolute Gasteiger partial charge is 0.497 e. The third-order valence-electron chi connectivity index (χ3n) is 7.33. The van der Waals surface area contributed by atoms with Gasteiger partial charge in [-0.2, -0.15) is 5.10 Å². The van der Waals surface area contributed by atoms with Gasteiger partial charge in [-0.3, -0.25) is 19.1 Å². The van der Waals surface area contributed by atoms with Crippen LogP contribution in [0.1, 0.15) is 64.5 Å². The van der Waals surface area contributed by atoms with Gasteiger partial charge < -0.3 is 30.3 Å². The van der Waals surface area contributed by atoms with Crippen LogP contribution in [0.15, 0.2) is 67.0 Å². The Labute approximate surface area is 277 Å². The Balaban J connectivity index is 1.74. The lowest BCUT2D eigenvalue weighted by molar-refractivity contribution is -0.130. The highest BCUT2D eigenvalue weighted by Gasteiger charge is 2.34. The number of nitrogens with zero attached hydrogens (tertiary/aromatic N) is 3. The van der Waals surface area contributed by atoms with Crippen molar-refractivity contribution in [1.82, 2.24) is 25.3 Å². The van der Waals surface area contributed by atoms with Gasteiger partial charge in [0.05, 0.1) is 31.5 Å². The molecule has 0 saturated carbocycles. The van der Waals surface area contributed by atoms with Crippen molar-refractivity contribution in [2.24, 2.45) is 0 Å². The van der Waals surface area contributed by atoms with Crippen molar-refractivity contribution >= 4 is 29.5 Å². The molecule has 2 atom stereocenters. The molecule has 0 fully saturated rings. The summed E-state index contributed by atoms with van der Waals surface area (Å²) in [7, 11) is 4.98. The number of benzene rings is 2. The second-order valence-electron chi connectivity index (χ2n) is 13.2. The molecule has 0 aliphatic rings. The van der Waals surface area contributed by atoms with E-state index in [2.05, 4.69) is 21.0 Å². The van der Waals surface area contributed by atoms with Gasteiger partial charge in [-0.25, -0.2) is 4.79 Å². The second kappa shape index (κ2) is 16.1. The molecule has 0 radical (unpaired) electrons. The van der Waals surface area contributed by atoms with Crippen LogP contribution in [0.5, 0.6) is 5.75 Å². The van der Waals surface area contributed by atoms with Gasteiger partial charge in [-0.15, -0.1) is 0 Å². The molecule has 1 unspecified atom stereocenters. The normalized spacial score (nSPS) is 12.8. The maximum absolute atomic E-state index is 13.6. The highest BCUT2D eigenvalue weighted by molar-refractivity contribution is 5.99. The van der Waals surface area contributed by atoms with Crippen LogP contribution in [0.25, 0.3) is 0 Å². The lowest BCUT2D eigenvalue weighted by Crippen LogP contribution is -2.58. The van der Waals surface area contributed by atoms with Gasteiger partial charge in [0.2, 0.25) is 17.7 Å². The minimum Gasteiger partial charge on any atom is -0.497 e. The van der Waals surface area contributed by atoms with Gasteiger partial charge in [0, 0.05) is 20.3 Å². The number of carbonyl (C=O) groups is 4. The van der Waals surface area contributed by atoms with E-state index < -0.39 is 41.0 Å². The molecular formula is C35H48N6O6. The number of aromatic nitrogens is 2. The molecule has 0 bridgehead atoms. The zero-order valence-electron chi connectivity index (χ0n) is 28.6. The Morgan fingerprint density at radius 3 is 2.21 bits per heavy atom. The number of likely N-dealkylation sites (N-methyl/N-ethyl adjacent to an activating group) is 1. The number of hydrogen-bond acceptors (Lipinski definition) is 7. The first-order valence-electron chi connectivity index (χ1n) is 15.6. The molecule has 0 aliphatic carbocycles. The van der Waals surface area contributed by atoms with Crippen LogP contribution in [0.4, 0.5) is 10.5 Å². The third-order valence-corrected chi connectivity index (χ3v) is 7.33. The molecule has 3 rings (SSSR count). The number of carbonyl (C=O) groups excluding carboxylic acids is 4. The Morgan fingerprint density at radius 2 is 1.62 bits per heavy atom. The van der Waals surface area contributed by atoms with Gasteiger partial charge in [0.15, 0.2) is 0 Å². The van der Waals surface area contributed by atoms with Gasteiger partial charge in [0.25, 0.3) is 0 Å². The fraction of sp³-hybridized carbons (Fsp3) is 0.457. The molecule has 12 nitrogen and oxygen atoms in total. The minimum atomic E-state index is -1.36. The Kier molecular flexibility index (Phi) is 12.5. The van der Waals surface area contributed by atoms with Crippen LogP contribution >= 0.6 is 0 Å². The van der Waals surface area contributed by atoms with Gasteiger partial charge in [-0.1, -0.05) is 42.5 Å². The number of amides is 4. The van der Waals surface area contributed by atoms with Crippen LogP contribution in [0.2, 0.25) is 0 Å². The number of nitrogens with one attached hydrogen (secondary N) is 3. The third kappa shape index (κ3) is 11.5. The summed E-state index contributed by atoms with van der Waals surface area (Å²) in [5.74, 6) is -0.911. The zero-order valence-corrected chi connectivity index (χ0v) is 28.6. The number of hydrogen-bond donors (Lipinski definition) is 3. The van der Waals surface area contributed by atoms with Gasteiger partial charge in [0.1, 0.15) is 22.9 Å². The van der Waals surface area contributed by atoms with E-state index in [-0.39, 0.29) is 12.5 Å². The molecule has 0 spiro atoms. The predicted octanol–water partition coefficient (Wildman–Crippen LogP) is 4.51. The molecule has 0 aliphatic heterocycles. The monoisotopic (exact) mass is 648 g/mol. The summed E-state index contributed by atoms with van der Waals surface area (Å²) in [6.07, 6.45) is 4.09. The lowest BCUT2D eigenvalue weighted by atomic mass is 9.97. The number of aryl methyl sites for hydroxylation is 1. The molecule has 1 aromatic heterocycles. The first kappa shape index (κ1) is 36.6. The standard InChI is InChI=1S/C35H48N6O6/c1-34(2,3)47-33(45)39-35(4,5)32(44)38-29(16-12-15-24-13-10-9-11-14-24)30(42)37-26-21-36-41(22-26)23-28(31(43)40(6)7)25-17-19-27(46-8)20-18-25/h9-11,13-14,17-22,28-29H,12,15-16,23H2,1-8H3,(H,37,42)(H,38,44)(H,39,45)/t28?,29-/m1/s1. The molecule has 2 aromatic carbocycles. The fourth-order valence-electron chi connectivity index (χ4n) is 4.80. The Hall–Kier alpha value is -4.87. The minimum absolute atomic E-state index is 0.0972. The molecule has 0 saturated heterocycles. The average Bonchev–Trinajstić information content (AvgIpc) is 3.44. The summed E-state index contributed by atoms with van der Waals surface area (Å²) in [6, 6.07) is 16.3. The number of alkyl carbamates (subject to hydrolysis) is 1. The summed E-state index contributed by atoms with van der Waals surface area (Å²) >= 11 is 0. The summed E-state index contributed by atoms with van der Waals surface area (Å²) in [5.41, 5.74) is 0.226. The van der Waals surface area contributed by atoms with Crippen LogP contribution in [-0.2, 0) is 32.1 Å². The highest BCUT2D eigenvalue weighted by atomic mass is 16.6. The van der Waals surface area contributed by atoms with E-state index in [1.54, 1.807) is 78.8 Å². The summed E-state index contributed by atoms with van der Waals surface area (Å²) in [4.78, 5) is 54.0. The van der Waals surface area contributed by atoms with Crippen molar-refractivity contribution in [3.8, 4) is 5.75 Å². The number of rotatable bonds is 14. The number of anilines is 1. The topological polar surface area (TPSA) is 144 Å². The lowest BCUT2D eigenvalue weighted by Gasteiger charge is -2.29. The van der Waals surface area contributed by atoms with Crippen LogP contribution in [0.3, 0.4) is 0 Å². The maximum Gasteiger partial charge on any atom is 0.408 e.